The van der Waals surface area contributed by atoms with Gasteiger partial charge in [-0.25, -0.2) is 0 Å². The Balaban J connectivity index is 1.83. The van der Waals surface area contributed by atoms with Gasteiger partial charge in [-0.3, -0.25) is 4.79 Å². The lowest BCUT2D eigenvalue weighted by Gasteiger charge is -2.28. The molecule has 1 aromatic carbocycles. The van der Waals surface area contributed by atoms with Crippen molar-refractivity contribution in [2.75, 3.05) is 13.2 Å². The van der Waals surface area contributed by atoms with Crippen LogP contribution in [0.5, 0.6) is 5.75 Å². The van der Waals surface area contributed by atoms with Gasteiger partial charge in [0, 0.05) is 25.0 Å². The molecular weight excluding hydrogens is 280 g/mol. The Morgan fingerprint density at radius 3 is 3.00 bits per heavy atom. The molecule has 5 nitrogen and oxygen atoms in total. The van der Waals surface area contributed by atoms with Gasteiger partial charge in [0.2, 0.25) is 5.91 Å². The molecule has 3 atom stereocenters. The molecule has 1 aromatic rings. The minimum Gasteiger partial charge on any atom is -0.493 e. The highest BCUT2D eigenvalue weighted by atomic mass is 16.5. The Hall–Kier alpha value is -1.59. The van der Waals surface area contributed by atoms with Gasteiger partial charge >= 0.3 is 0 Å². The molecule has 2 heterocycles. The van der Waals surface area contributed by atoms with Crippen LogP contribution in [-0.2, 0) is 9.53 Å². The highest BCUT2D eigenvalue weighted by Crippen LogP contribution is 2.35. The van der Waals surface area contributed by atoms with Crippen molar-refractivity contribution in [3.8, 4) is 5.75 Å². The zero-order valence-corrected chi connectivity index (χ0v) is 13.0. The molecule has 0 spiro atoms. The Labute approximate surface area is 131 Å². The van der Waals surface area contributed by atoms with Crippen LogP contribution in [0.25, 0.3) is 0 Å². The maximum Gasteiger partial charge on any atom is 0.220 e. The number of ether oxygens (including phenoxy) is 2. The summed E-state index contributed by atoms with van der Waals surface area (Å²) in [6.45, 7) is 3.28. The predicted octanol–water partition coefficient (Wildman–Crippen LogP) is 2.22. The van der Waals surface area contributed by atoms with E-state index in [0.717, 1.165) is 42.7 Å². The van der Waals surface area contributed by atoms with Crippen LogP contribution in [0.3, 0.4) is 0 Å². The number of nitrogens with one attached hydrogen (secondary N) is 1. The summed E-state index contributed by atoms with van der Waals surface area (Å²) in [5.41, 5.74) is 8.43. The van der Waals surface area contributed by atoms with E-state index in [1.54, 1.807) is 0 Å². The zero-order valence-electron chi connectivity index (χ0n) is 13.0. The molecule has 1 amide bonds. The van der Waals surface area contributed by atoms with Crippen molar-refractivity contribution in [1.82, 2.24) is 5.32 Å². The molecule has 3 unspecified atom stereocenters. The third-order valence-corrected chi connectivity index (χ3v) is 4.48. The minimum atomic E-state index is -0.128. The predicted molar refractivity (Wildman–Crippen MR) is 83.6 cm³/mol. The summed E-state index contributed by atoms with van der Waals surface area (Å²) in [5.74, 6) is 0.905. The van der Waals surface area contributed by atoms with Crippen molar-refractivity contribution < 1.29 is 14.3 Å². The van der Waals surface area contributed by atoms with E-state index in [-0.39, 0.29) is 24.1 Å². The lowest BCUT2D eigenvalue weighted by Crippen LogP contribution is -2.32. The number of carbonyl (C=O) groups excluding carboxylic acids is 1. The molecule has 2 aliphatic rings. The molecule has 2 aliphatic heterocycles. The highest BCUT2D eigenvalue weighted by molar-refractivity contribution is 5.76. The molecule has 0 aromatic heterocycles. The monoisotopic (exact) mass is 304 g/mol. The SMILES string of the molecule is CCC(=O)NC1CCOc2ccc(C(N)C3CCCO3)cc21. The Morgan fingerprint density at radius 2 is 2.27 bits per heavy atom. The van der Waals surface area contributed by atoms with Crippen LogP contribution in [0.2, 0.25) is 0 Å². The van der Waals surface area contributed by atoms with E-state index in [0.29, 0.717) is 13.0 Å². The molecule has 120 valence electrons. The van der Waals surface area contributed by atoms with E-state index in [1.807, 2.05) is 19.1 Å². The van der Waals surface area contributed by atoms with E-state index in [1.165, 1.54) is 0 Å². The lowest BCUT2D eigenvalue weighted by molar-refractivity contribution is -0.121. The average molecular weight is 304 g/mol. The zero-order chi connectivity index (χ0) is 15.5. The molecule has 5 heteroatoms. The van der Waals surface area contributed by atoms with E-state index in [2.05, 4.69) is 11.4 Å². The fourth-order valence-electron chi connectivity index (χ4n) is 3.17. The van der Waals surface area contributed by atoms with Gasteiger partial charge in [0.05, 0.1) is 24.8 Å². The molecule has 3 rings (SSSR count). The van der Waals surface area contributed by atoms with Crippen LogP contribution in [0.15, 0.2) is 18.2 Å². The van der Waals surface area contributed by atoms with Crippen molar-refractivity contribution in [2.24, 2.45) is 5.73 Å². The highest BCUT2D eigenvalue weighted by Gasteiger charge is 2.27. The number of rotatable bonds is 4. The van der Waals surface area contributed by atoms with Crippen molar-refractivity contribution in [3.05, 3.63) is 29.3 Å². The second-order valence-electron chi connectivity index (χ2n) is 5.99. The van der Waals surface area contributed by atoms with Crippen molar-refractivity contribution in [2.45, 2.75) is 50.8 Å². The minimum absolute atomic E-state index is 0.00727. The number of hydrogen-bond donors (Lipinski definition) is 2. The van der Waals surface area contributed by atoms with Gasteiger partial charge in [-0.1, -0.05) is 13.0 Å². The molecule has 0 saturated carbocycles. The van der Waals surface area contributed by atoms with Gasteiger partial charge in [-0.05, 0) is 30.5 Å². The van der Waals surface area contributed by atoms with Gasteiger partial charge < -0.3 is 20.5 Å². The molecule has 0 radical (unpaired) electrons. The third-order valence-electron chi connectivity index (χ3n) is 4.48. The number of carbonyl (C=O) groups is 1. The van der Waals surface area contributed by atoms with Crippen molar-refractivity contribution in [3.63, 3.8) is 0 Å². The summed E-state index contributed by atoms with van der Waals surface area (Å²) < 4.78 is 11.4. The van der Waals surface area contributed by atoms with E-state index >= 15 is 0 Å². The topological polar surface area (TPSA) is 73.6 Å². The van der Waals surface area contributed by atoms with Gasteiger partial charge in [-0.15, -0.1) is 0 Å². The summed E-state index contributed by atoms with van der Waals surface area (Å²) >= 11 is 0. The number of benzene rings is 1. The Bertz CT molecular complexity index is 541. The first kappa shape index (κ1) is 15.3. The maximum atomic E-state index is 11.7. The van der Waals surface area contributed by atoms with Gasteiger partial charge in [-0.2, -0.15) is 0 Å². The third kappa shape index (κ3) is 3.10. The first-order chi connectivity index (χ1) is 10.7. The van der Waals surface area contributed by atoms with Crippen LogP contribution in [0.4, 0.5) is 0 Å². The molecule has 0 bridgehead atoms. The molecular formula is C17H24N2O3. The van der Waals surface area contributed by atoms with E-state index in [4.69, 9.17) is 15.2 Å². The normalized spacial score (nSPS) is 25.2. The Morgan fingerprint density at radius 1 is 1.41 bits per heavy atom. The second-order valence-corrected chi connectivity index (χ2v) is 5.99. The largest absolute Gasteiger partial charge is 0.493 e. The van der Waals surface area contributed by atoms with Crippen LogP contribution in [0, 0.1) is 0 Å². The molecule has 22 heavy (non-hydrogen) atoms. The lowest BCUT2D eigenvalue weighted by atomic mass is 9.93. The first-order valence-electron chi connectivity index (χ1n) is 8.12. The number of nitrogens with two attached hydrogens (primary N) is 1. The van der Waals surface area contributed by atoms with Gasteiger partial charge in [0.15, 0.2) is 0 Å². The molecule has 1 saturated heterocycles. The number of fused-ring (bicyclic) bond motifs is 1. The maximum absolute atomic E-state index is 11.7. The van der Waals surface area contributed by atoms with Crippen molar-refractivity contribution in [1.29, 1.82) is 0 Å². The quantitative estimate of drug-likeness (QED) is 0.894. The summed E-state index contributed by atoms with van der Waals surface area (Å²) in [6, 6.07) is 5.92. The van der Waals surface area contributed by atoms with Crippen LogP contribution in [0.1, 0.15) is 55.8 Å². The average Bonchev–Trinajstić information content (AvgIpc) is 3.08. The Kier molecular flexibility index (Phi) is 4.64. The van der Waals surface area contributed by atoms with E-state index < -0.39 is 0 Å². The number of hydrogen-bond acceptors (Lipinski definition) is 4. The standard InChI is InChI=1S/C17H24N2O3/c1-2-16(20)19-13-7-9-22-14-6-5-11(10-12(13)14)17(18)15-4-3-8-21-15/h5-6,10,13,15,17H,2-4,7-9,18H2,1H3,(H,19,20). The van der Waals surface area contributed by atoms with Crippen molar-refractivity contribution >= 4 is 5.91 Å². The molecule has 3 N–H and O–H groups in total. The summed E-state index contributed by atoms with van der Waals surface area (Å²) in [7, 11) is 0. The summed E-state index contributed by atoms with van der Waals surface area (Å²) in [5, 5.41) is 3.07. The van der Waals surface area contributed by atoms with E-state index in [9.17, 15) is 4.79 Å². The van der Waals surface area contributed by atoms with Crippen LogP contribution in [-0.4, -0.2) is 25.2 Å². The van der Waals surface area contributed by atoms with Gasteiger partial charge in [0.25, 0.3) is 0 Å². The van der Waals surface area contributed by atoms with Crippen LogP contribution < -0.4 is 15.8 Å². The summed E-state index contributed by atoms with van der Waals surface area (Å²) in [6.07, 6.45) is 3.44. The molecule has 0 aliphatic carbocycles. The fourth-order valence-corrected chi connectivity index (χ4v) is 3.17. The first-order valence-corrected chi connectivity index (χ1v) is 8.12. The fraction of sp³-hybridized carbons (Fsp3) is 0.588. The smallest absolute Gasteiger partial charge is 0.220 e. The van der Waals surface area contributed by atoms with Gasteiger partial charge in [0.1, 0.15) is 5.75 Å². The molecule has 1 fully saturated rings. The summed E-state index contributed by atoms with van der Waals surface area (Å²) in [4.78, 5) is 11.7. The second kappa shape index (κ2) is 6.67. The van der Waals surface area contributed by atoms with Crippen LogP contribution >= 0.6 is 0 Å². The number of amides is 1.